The average molecular weight is 682 g/mol. The first-order valence-electron chi connectivity index (χ1n) is 15.5. The summed E-state index contributed by atoms with van der Waals surface area (Å²) in [6.07, 6.45) is 4.34. The lowest BCUT2D eigenvalue weighted by atomic mass is 9.92. The number of nitrogens with one attached hydrogen (secondary N) is 4. The van der Waals surface area contributed by atoms with Gasteiger partial charge in [0.2, 0.25) is 0 Å². The number of carbonyl (C=O) groups is 2. The molecular formula is C33H38ClF2N9O3. The van der Waals surface area contributed by atoms with E-state index in [9.17, 15) is 18.4 Å². The second-order valence-corrected chi connectivity index (χ2v) is 13.3. The van der Waals surface area contributed by atoms with Gasteiger partial charge in [0.15, 0.2) is 11.8 Å². The molecule has 254 valence electrons. The fourth-order valence-electron chi connectivity index (χ4n) is 4.89. The van der Waals surface area contributed by atoms with Crippen molar-refractivity contribution in [3.05, 3.63) is 76.8 Å². The summed E-state index contributed by atoms with van der Waals surface area (Å²) < 4.78 is 32.4. The lowest BCUT2D eigenvalue weighted by Gasteiger charge is -2.33. The minimum absolute atomic E-state index is 0.0419. The summed E-state index contributed by atoms with van der Waals surface area (Å²) in [7, 11) is 0. The van der Waals surface area contributed by atoms with Gasteiger partial charge in [0.25, 0.3) is 5.91 Å². The Bertz CT molecular complexity index is 1760. The van der Waals surface area contributed by atoms with E-state index in [1.165, 1.54) is 17.3 Å². The van der Waals surface area contributed by atoms with E-state index < -0.39 is 24.6 Å². The lowest BCUT2D eigenvalue weighted by molar-refractivity contribution is 0.0566. The smallest absolute Gasteiger partial charge is 0.407 e. The molecule has 0 unspecified atom stereocenters. The van der Waals surface area contributed by atoms with Gasteiger partial charge in [0.1, 0.15) is 12.4 Å². The number of benzene rings is 2. The fraction of sp³-hybridized carbons (Fsp3) is 0.394. The number of ether oxygens (including phenoxy) is 1. The Kier molecular flexibility index (Phi) is 10.4. The summed E-state index contributed by atoms with van der Waals surface area (Å²) in [5.41, 5.74) is 2.23. The number of aromatic amines is 1. The average Bonchev–Trinajstić information content (AvgIpc) is 3.50. The van der Waals surface area contributed by atoms with Crippen LogP contribution in [-0.2, 0) is 4.74 Å². The fourth-order valence-corrected chi connectivity index (χ4v) is 5.09. The van der Waals surface area contributed by atoms with E-state index in [1.807, 2.05) is 0 Å². The molecular weight excluding hydrogens is 644 g/mol. The van der Waals surface area contributed by atoms with Crippen LogP contribution in [0.4, 0.5) is 13.6 Å². The number of halogens is 3. The Hall–Kier alpha value is -4.85. The van der Waals surface area contributed by atoms with Crippen LogP contribution in [0.15, 0.2) is 54.9 Å². The number of aryl methyl sites for hydroxylation is 1. The SMILES string of the molecule is Cc1nnc(-c2cc([C@@H](COC(=O)NC3CC3)N(C(=N)NCCC(C)(C)C)C(=O)c3ccc(-c4cnn(C(F)F)c4)cc3)ccc2Cl)[nH]1. The van der Waals surface area contributed by atoms with Crippen molar-refractivity contribution in [2.75, 3.05) is 13.2 Å². The van der Waals surface area contributed by atoms with E-state index >= 15 is 0 Å². The molecule has 12 nitrogen and oxygen atoms in total. The third-order valence-electron chi connectivity index (χ3n) is 7.71. The highest BCUT2D eigenvalue weighted by molar-refractivity contribution is 6.33. The molecule has 0 saturated heterocycles. The third-order valence-corrected chi connectivity index (χ3v) is 8.04. The first kappa shape index (κ1) is 34.5. The highest BCUT2D eigenvalue weighted by atomic mass is 35.5. The Morgan fingerprint density at radius 1 is 1.15 bits per heavy atom. The first-order chi connectivity index (χ1) is 22.8. The summed E-state index contributed by atoms with van der Waals surface area (Å²) in [6.45, 7) is 5.31. The van der Waals surface area contributed by atoms with Gasteiger partial charge < -0.3 is 20.4 Å². The summed E-state index contributed by atoms with van der Waals surface area (Å²) in [5.74, 6) is 0.235. The van der Waals surface area contributed by atoms with E-state index in [1.54, 1.807) is 49.4 Å². The van der Waals surface area contributed by atoms with Crippen molar-refractivity contribution in [1.82, 2.24) is 40.5 Å². The number of hydrogen-bond acceptors (Lipinski definition) is 7. The van der Waals surface area contributed by atoms with Gasteiger partial charge in [-0.1, -0.05) is 50.6 Å². The maximum Gasteiger partial charge on any atom is 0.407 e. The Morgan fingerprint density at radius 3 is 2.48 bits per heavy atom. The summed E-state index contributed by atoms with van der Waals surface area (Å²) >= 11 is 6.57. The number of aromatic nitrogens is 5. The molecule has 5 rings (SSSR count). The van der Waals surface area contributed by atoms with E-state index in [4.69, 9.17) is 21.7 Å². The molecule has 2 heterocycles. The number of alkyl carbamates (subject to hydrolysis) is 1. The predicted octanol–water partition coefficient (Wildman–Crippen LogP) is 6.72. The number of nitrogens with zero attached hydrogens (tertiary/aromatic N) is 5. The number of carbonyl (C=O) groups excluding carboxylic acids is 2. The summed E-state index contributed by atoms with van der Waals surface area (Å²) in [4.78, 5) is 31.4. The van der Waals surface area contributed by atoms with Crippen LogP contribution in [0.5, 0.6) is 0 Å². The number of alkyl halides is 2. The van der Waals surface area contributed by atoms with Crippen molar-refractivity contribution in [3.63, 3.8) is 0 Å². The molecule has 0 radical (unpaired) electrons. The van der Waals surface area contributed by atoms with Crippen LogP contribution in [0.25, 0.3) is 22.5 Å². The van der Waals surface area contributed by atoms with Crippen molar-refractivity contribution in [1.29, 1.82) is 5.41 Å². The molecule has 48 heavy (non-hydrogen) atoms. The second-order valence-electron chi connectivity index (χ2n) is 12.9. The van der Waals surface area contributed by atoms with Gasteiger partial charge in [-0.25, -0.2) is 9.48 Å². The van der Waals surface area contributed by atoms with Crippen LogP contribution in [0.1, 0.15) is 74.4 Å². The largest absolute Gasteiger partial charge is 0.447 e. The first-order valence-corrected chi connectivity index (χ1v) is 15.9. The Labute approximate surface area is 281 Å². The molecule has 0 bridgehead atoms. The zero-order valence-corrected chi connectivity index (χ0v) is 27.8. The van der Waals surface area contributed by atoms with Crippen molar-refractivity contribution < 1.29 is 23.1 Å². The van der Waals surface area contributed by atoms with Gasteiger partial charge in [-0.3, -0.25) is 15.1 Å². The van der Waals surface area contributed by atoms with Crippen LogP contribution in [0, 0.1) is 17.7 Å². The summed E-state index contributed by atoms with van der Waals surface area (Å²) in [5, 5.41) is 27.2. The molecule has 15 heteroatoms. The maximum atomic E-state index is 14.4. The van der Waals surface area contributed by atoms with Crippen LogP contribution in [0.2, 0.25) is 5.02 Å². The van der Waals surface area contributed by atoms with E-state index in [2.05, 4.69) is 51.7 Å². The van der Waals surface area contributed by atoms with Crippen molar-refractivity contribution >= 4 is 29.6 Å². The number of rotatable bonds is 11. The monoisotopic (exact) mass is 681 g/mol. The lowest BCUT2D eigenvalue weighted by Crippen LogP contribution is -2.48. The molecule has 2 aromatic carbocycles. The van der Waals surface area contributed by atoms with Gasteiger partial charge >= 0.3 is 12.6 Å². The number of H-pyrrole nitrogens is 1. The van der Waals surface area contributed by atoms with E-state index in [0.29, 0.717) is 56.6 Å². The molecule has 1 atom stereocenters. The molecule has 0 spiro atoms. The van der Waals surface area contributed by atoms with Crippen LogP contribution in [0.3, 0.4) is 0 Å². The minimum Gasteiger partial charge on any atom is -0.447 e. The maximum absolute atomic E-state index is 14.4. The molecule has 2 aromatic heterocycles. The molecule has 2 amide bonds. The molecule has 1 saturated carbocycles. The molecule has 1 aliphatic rings. The molecule has 4 N–H and O–H groups in total. The molecule has 4 aromatic rings. The Morgan fingerprint density at radius 2 is 1.88 bits per heavy atom. The van der Waals surface area contributed by atoms with Gasteiger partial charge in [0.05, 0.1) is 17.3 Å². The Balaban J connectivity index is 1.52. The zero-order valence-electron chi connectivity index (χ0n) is 27.1. The molecule has 1 aliphatic carbocycles. The van der Waals surface area contributed by atoms with Crippen molar-refractivity contribution in [2.24, 2.45) is 5.41 Å². The van der Waals surface area contributed by atoms with E-state index in [-0.39, 0.29) is 29.6 Å². The molecule has 0 aliphatic heterocycles. The quantitative estimate of drug-likeness (QED) is 0.101. The number of guanidine groups is 1. The topological polar surface area (TPSA) is 154 Å². The second kappa shape index (κ2) is 14.5. The minimum atomic E-state index is -2.78. The zero-order chi connectivity index (χ0) is 34.6. The van der Waals surface area contributed by atoms with Crippen molar-refractivity contribution in [3.8, 4) is 22.5 Å². The standard InChI is InChI=1S/C33H38ClF2N9O3/c1-19-40-28(43-42-19)25-15-22(9-12-26(25)34)27(18-48-32(47)41-24-10-11-24)45(31(37)38-14-13-33(2,3)4)29(46)21-7-5-20(6-8-21)23-16-39-44(17-23)30(35)36/h5-9,12,15-17,24,27,30H,10-11,13-14,18H2,1-4H3,(H2,37,38)(H,41,47)(H,40,42,43)/t27-/m1/s1. The number of hydrogen-bond donors (Lipinski definition) is 4. The highest BCUT2D eigenvalue weighted by Crippen LogP contribution is 2.32. The van der Waals surface area contributed by atoms with Crippen LogP contribution in [-0.4, -0.2) is 67.0 Å². The summed E-state index contributed by atoms with van der Waals surface area (Å²) in [6, 6.07) is 10.5. The van der Waals surface area contributed by atoms with Crippen molar-refractivity contribution in [2.45, 2.75) is 65.6 Å². The van der Waals surface area contributed by atoms with Crippen LogP contribution < -0.4 is 10.6 Å². The molecule has 1 fully saturated rings. The van der Waals surface area contributed by atoms with Gasteiger partial charge in [-0.2, -0.15) is 13.9 Å². The third kappa shape index (κ3) is 8.73. The van der Waals surface area contributed by atoms with Gasteiger partial charge in [-0.15, -0.1) is 10.2 Å². The van der Waals surface area contributed by atoms with Gasteiger partial charge in [-0.05, 0) is 67.0 Å². The normalized spacial score (nSPS) is 13.7. The van der Waals surface area contributed by atoms with Crippen LogP contribution >= 0.6 is 11.6 Å². The number of amides is 2. The highest BCUT2D eigenvalue weighted by Gasteiger charge is 2.33. The van der Waals surface area contributed by atoms with E-state index in [0.717, 1.165) is 12.8 Å². The van der Waals surface area contributed by atoms with Gasteiger partial charge in [0, 0.05) is 35.5 Å². The predicted molar refractivity (Wildman–Crippen MR) is 177 cm³/mol.